The molecule has 0 radical (unpaired) electrons. The van der Waals surface area contributed by atoms with Gasteiger partial charge >= 0.3 is 6.18 Å². The van der Waals surface area contributed by atoms with Crippen molar-refractivity contribution in [2.75, 3.05) is 10.6 Å². The molecule has 0 saturated heterocycles. The van der Waals surface area contributed by atoms with Crippen molar-refractivity contribution in [3.8, 4) is 0 Å². The van der Waals surface area contributed by atoms with Crippen LogP contribution in [0.1, 0.15) is 18.7 Å². The zero-order chi connectivity index (χ0) is 18.3. The maximum absolute atomic E-state index is 12.6. The van der Waals surface area contributed by atoms with Gasteiger partial charge in [-0.15, -0.1) is 15.3 Å². The van der Waals surface area contributed by atoms with E-state index in [9.17, 15) is 13.2 Å². The summed E-state index contributed by atoms with van der Waals surface area (Å²) in [6, 6.07) is 5.07. The van der Waals surface area contributed by atoms with Crippen LogP contribution in [0.15, 0.2) is 24.4 Å². The van der Waals surface area contributed by atoms with Crippen molar-refractivity contribution in [1.82, 2.24) is 29.8 Å². The monoisotopic (exact) mass is 384 g/mol. The minimum atomic E-state index is -4.56. The number of halogens is 4. The Labute approximate surface area is 149 Å². The Balaban J connectivity index is 1.34. The van der Waals surface area contributed by atoms with Crippen molar-refractivity contribution in [2.45, 2.75) is 31.1 Å². The standard InChI is InChI=1S/C14H12ClF3N8/c15-13-24-23-11-2-1-10(25-26(11)13)21-8-5-7(6-8)20-9-3-4-19-12(22-9)14(16,17)18/h1-4,7-8H,5-6H2,(H,21,25)(H,19,20,22). The smallest absolute Gasteiger partial charge is 0.367 e. The van der Waals surface area contributed by atoms with E-state index in [-0.39, 0.29) is 23.2 Å². The molecule has 0 atom stereocenters. The lowest BCUT2D eigenvalue weighted by Crippen LogP contribution is -2.44. The number of anilines is 2. The molecule has 2 N–H and O–H groups in total. The van der Waals surface area contributed by atoms with Gasteiger partial charge in [-0.2, -0.15) is 17.7 Å². The molecule has 1 aliphatic rings. The van der Waals surface area contributed by atoms with E-state index in [1.807, 2.05) is 0 Å². The Hall–Kier alpha value is -2.69. The molecule has 0 aromatic carbocycles. The normalized spacial score (nSPS) is 20.0. The molecular weight excluding hydrogens is 373 g/mol. The number of nitrogens with zero attached hydrogens (tertiary/aromatic N) is 6. The van der Waals surface area contributed by atoms with Gasteiger partial charge in [0.05, 0.1) is 0 Å². The van der Waals surface area contributed by atoms with Gasteiger partial charge in [-0.05, 0) is 42.6 Å². The van der Waals surface area contributed by atoms with Gasteiger partial charge in [-0.1, -0.05) is 0 Å². The number of aromatic nitrogens is 6. The van der Waals surface area contributed by atoms with Crippen LogP contribution < -0.4 is 10.6 Å². The minimum absolute atomic E-state index is 0.0192. The van der Waals surface area contributed by atoms with Crippen molar-refractivity contribution in [3.05, 3.63) is 35.5 Å². The second kappa shape index (κ2) is 6.24. The van der Waals surface area contributed by atoms with E-state index in [1.54, 1.807) is 12.1 Å². The lowest BCUT2D eigenvalue weighted by molar-refractivity contribution is -0.144. The lowest BCUT2D eigenvalue weighted by Gasteiger charge is -2.36. The molecular formula is C14H12ClF3N8. The molecule has 1 aliphatic carbocycles. The van der Waals surface area contributed by atoms with Gasteiger partial charge in [-0.3, -0.25) is 0 Å². The van der Waals surface area contributed by atoms with Crippen LogP contribution >= 0.6 is 11.6 Å². The fraction of sp³-hybridized carbons (Fsp3) is 0.357. The predicted octanol–water partition coefficient (Wildman–Crippen LogP) is 2.64. The van der Waals surface area contributed by atoms with E-state index in [1.165, 1.54) is 10.6 Å². The van der Waals surface area contributed by atoms with Crippen molar-refractivity contribution in [1.29, 1.82) is 0 Å². The third-order valence-electron chi connectivity index (χ3n) is 3.98. The number of hydrogen-bond donors (Lipinski definition) is 2. The first kappa shape index (κ1) is 16.8. The van der Waals surface area contributed by atoms with E-state index in [0.29, 0.717) is 24.3 Å². The summed E-state index contributed by atoms with van der Waals surface area (Å²) in [6.45, 7) is 0. The summed E-state index contributed by atoms with van der Waals surface area (Å²) >= 11 is 5.88. The maximum atomic E-state index is 12.6. The highest BCUT2D eigenvalue weighted by molar-refractivity contribution is 6.28. The number of fused-ring (bicyclic) bond motifs is 1. The highest BCUT2D eigenvalue weighted by Crippen LogP contribution is 2.29. The molecule has 26 heavy (non-hydrogen) atoms. The quantitative estimate of drug-likeness (QED) is 0.714. The molecule has 8 nitrogen and oxygen atoms in total. The van der Waals surface area contributed by atoms with Crippen LogP contribution in [0.2, 0.25) is 5.28 Å². The Morgan fingerprint density at radius 3 is 2.50 bits per heavy atom. The van der Waals surface area contributed by atoms with E-state index in [4.69, 9.17) is 11.6 Å². The molecule has 0 unspecified atom stereocenters. The van der Waals surface area contributed by atoms with Crippen LogP contribution in [0.4, 0.5) is 24.8 Å². The van der Waals surface area contributed by atoms with E-state index < -0.39 is 12.0 Å². The summed E-state index contributed by atoms with van der Waals surface area (Å²) in [7, 11) is 0. The molecule has 1 fully saturated rings. The molecule has 3 aromatic heterocycles. The Kier molecular flexibility index (Phi) is 4.02. The number of alkyl halides is 3. The summed E-state index contributed by atoms with van der Waals surface area (Å²) in [6.07, 6.45) is -2.05. The SMILES string of the molecule is FC(F)(F)c1nccc(NC2CC(Nc3ccc4nnc(Cl)n4n3)C2)n1. The van der Waals surface area contributed by atoms with Crippen LogP contribution in [-0.2, 0) is 6.18 Å². The predicted molar refractivity (Wildman–Crippen MR) is 86.9 cm³/mol. The second-order valence-electron chi connectivity index (χ2n) is 5.87. The molecule has 0 spiro atoms. The summed E-state index contributed by atoms with van der Waals surface area (Å²) in [5, 5.41) is 18.2. The fourth-order valence-corrected chi connectivity index (χ4v) is 2.85. The van der Waals surface area contributed by atoms with Crippen molar-refractivity contribution in [2.24, 2.45) is 0 Å². The first-order chi connectivity index (χ1) is 12.4. The Morgan fingerprint density at radius 1 is 1.04 bits per heavy atom. The van der Waals surface area contributed by atoms with E-state index in [0.717, 1.165) is 6.20 Å². The zero-order valence-corrected chi connectivity index (χ0v) is 13.8. The Bertz CT molecular complexity index is 937. The number of nitrogens with one attached hydrogen (secondary N) is 2. The van der Waals surface area contributed by atoms with Gasteiger partial charge in [0, 0.05) is 18.3 Å². The van der Waals surface area contributed by atoms with Crippen LogP contribution in [0.3, 0.4) is 0 Å². The van der Waals surface area contributed by atoms with Gasteiger partial charge in [0.25, 0.3) is 0 Å². The third kappa shape index (κ3) is 3.34. The maximum Gasteiger partial charge on any atom is 0.451 e. The van der Waals surface area contributed by atoms with Gasteiger partial charge in [-0.25, -0.2) is 9.97 Å². The highest BCUT2D eigenvalue weighted by Gasteiger charge is 2.35. The topological polar surface area (TPSA) is 92.9 Å². The third-order valence-corrected chi connectivity index (χ3v) is 4.21. The number of hydrogen-bond acceptors (Lipinski definition) is 7. The van der Waals surface area contributed by atoms with Crippen LogP contribution in [0.25, 0.3) is 5.65 Å². The first-order valence-corrected chi connectivity index (χ1v) is 8.07. The lowest BCUT2D eigenvalue weighted by atomic mass is 9.86. The first-order valence-electron chi connectivity index (χ1n) is 7.70. The van der Waals surface area contributed by atoms with Crippen molar-refractivity contribution in [3.63, 3.8) is 0 Å². The molecule has 0 amide bonds. The van der Waals surface area contributed by atoms with Gasteiger partial charge in [0.1, 0.15) is 11.6 Å². The molecule has 3 heterocycles. The van der Waals surface area contributed by atoms with Gasteiger partial charge < -0.3 is 10.6 Å². The summed E-state index contributed by atoms with van der Waals surface area (Å²) < 4.78 is 39.3. The molecule has 0 aliphatic heterocycles. The second-order valence-corrected chi connectivity index (χ2v) is 6.21. The summed E-state index contributed by atoms with van der Waals surface area (Å²) in [5.74, 6) is -0.379. The largest absolute Gasteiger partial charge is 0.451 e. The van der Waals surface area contributed by atoms with Crippen molar-refractivity contribution < 1.29 is 13.2 Å². The molecule has 136 valence electrons. The highest BCUT2D eigenvalue weighted by atomic mass is 35.5. The van der Waals surface area contributed by atoms with Crippen LogP contribution in [0.5, 0.6) is 0 Å². The van der Waals surface area contributed by atoms with Gasteiger partial charge in [0.2, 0.25) is 11.1 Å². The van der Waals surface area contributed by atoms with Crippen LogP contribution in [-0.4, -0.2) is 41.9 Å². The molecule has 4 rings (SSSR count). The van der Waals surface area contributed by atoms with E-state index in [2.05, 4.69) is 35.9 Å². The van der Waals surface area contributed by atoms with Gasteiger partial charge in [0.15, 0.2) is 5.65 Å². The molecule has 3 aromatic rings. The van der Waals surface area contributed by atoms with E-state index >= 15 is 0 Å². The average Bonchev–Trinajstić information content (AvgIpc) is 2.93. The van der Waals surface area contributed by atoms with Crippen LogP contribution in [0, 0.1) is 0 Å². The Morgan fingerprint density at radius 2 is 1.77 bits per heavy atom. The summed E-state index contributed by atoms with van der Waals surface area (Å²) in [5.41, 5.74) is 0.540. The van der Waals surface area contributed by atoms with Crippen molar-refractivity contribution >= 4 is 28.9 Å². The fourth-order valence-electron chi connectivity index (χ4n) is 2.69. The molecule has 0 bridgehead atoms. The zero-order valence-electron chi connectivity index (χ0n) is 13.1. The molecule has 1 saturated carbocycles. The molecule has 12 heteroatoms. The minimum Gasteiger partial charge on any atom is -0.367 e. The average molecular weight is 385 g/mol. The summed E-state index contributed by atoms with van der Waals surface area (Å²) in [4.78, 5) is 6.74. The number of rotatable bonds is 4.